The Kier molecular flexibility index (Phi) is 3.67. The first-order chi connectivity index (χ1) is 10.1. The lowest BCUT2D eigenvalue weighted by Crippen LogP contribution is -2.22. The summed E-state index contributed by atoms with van der Waals surface area (Å²) in [5, 5.41) is 11.3. The number of fused-ring (bicyclic) bond motifs is 1. The second-order valence-electron chi connectivity index (χ2n) is 5.19. The normalized spacial score (nSPS) is 15.2. The fraction of sp³-hybridized carbons (Fsp3) is 0.429. The number of hydrogen-bond acceptors (Lipinski definition) is 3. The number of hydrogen-bond donors (Lipinski definition) is 1. The Hall–Kier alpha value is -1.89. The quantitative estimate of drug-likeness (QED) is 0.882. The number of rotatable bonds is 4. The molecule has 1 aromatic heterocycles. The molecule has 1 unspecified atom stereocenters. The van der Waals surface area contributed by atoms with Crippen molar-refractivity contribution in [2.75, 3.05) is 0 Å². The molecule has 1 atom stereocenters. The molecule has 112 valence electrons. The molecule has 1 N–H and O–H groups in total. The van der Waals surface area contributed by atoms with Gasteiger partial charge in [-0.05, 0) is 19.4 Å². The smallest absolute Gasteiger partial charge is 0.161 e. The molecule has 0 spiro atoms. The van der Waals surface area contributed by atoms with Crippen molar-refractivity contribution in [3.05, 3.63) is 46.8 Å². The van der Waals surface area contributed by atoms with Crippen molar-refractivity contribution in [3.8, 4) is 0 Å². The minimum Gasteiger partial charge on any atom is -0.314 e. The number of aromatic nitrogens is 3. The highest BCUT2D eigenvalue weighted by atomic mass is 19.2. The van der Waals surface area contributed by atoms with E-state index in [1.165, 1.54) is 0 Å². The average Bonchev–Trinajstić information content (AvgIpc) is 3.03. The van der Waals surface area contributed by atoms with Crippen LogP contribution in [0.15, 0.2) is 12.1 Å². The van der Waals surface area contributed by atoms with Crippen LogP contribution in [-0.4, -0.2) is 14.8 Å². The zero-order chi connectivity index (χ0) is 15.0. The van der Waals surface area contributed by atoms with E-state index in [1.807, 2.05) is 11.5 Å². The average molecular weight is 296 g/mol. The summed E-state index contributed by atoms with van der Waals surface area (Å²) in [5.41, 5.74) is 0.0851. The van der Waals surface area contributed by atoms with Gasteiger partial charge in [0.1, 0.15) is 17.5 Å². The molecule has 1 aromatic carbocycles. The fourth-order valence-electron chi connectivity index (χ4n) is 2.55. The topological polar surface area (TPSA) is 42.7 Å². The van der Waals surface area contributed by atoms with E-state index >= 15 is 0 Å². The standard InChI is InChI=1S/C14H15F3N4/c1-8(14-20-19-13-3-2-4-21(13)14)18-7-9-5-11(16)12(17)6-10(9)15/h5-6,8,18H,2-4,7H2,1H3. The number of nitrogens with one attached hydrogen (secondary N) is 1. The third-order valence-electron chi connectivity index (χ3n) is 3.71. The third-order valence-corrected chi connectivity index (χ3v) is 3.71. The highest BCUT2D eigenvalue weighted by Crippen LogP contribution is 2.20. The van der Waals surface area contributed by atoms with Crippen LogP contribution in [0, 0.1) is 17.5 Å². The van der Waals surface area contributed by atoms with Gasteiger partial charge in [0.25, 0.3) is 0 Å². The van der Waals surface area contributed by atoms with Crippen LogP contribution in [0.25, 0.3) is 0 Å². The minimum atomic E-state index is -1.18. The van der Waals surface area contributed by atoms with Crippen molar-refractivity contribution in [3.63, 3.8) is 0 Å². The lowest BCUT2D eigenvalue weighted by molar-refractivity contribution is 0.475. The van der Waals surface area contributed by atoms with Crippen LogP contribution < -0.4 is 5.32 Å². The summed E-state index contributed by atoms with van der Waals surface area (Å²) >= 11 is 0. The van der Waals surface area contributed by atoms with Crippen LogP contribution in [0.1, 0.15) is 36.6 Å². The maximum absolute atomic E-state index is 13.6. The Morgan fingerprint density at radius 1 is 1.19 bits per heavy atom. The van der Waals surface area contributed by atoms with Crippen LogP contribution in [0.2, 0.25) is 0 Å². The van der Waals surface area contributed by atoms with Gasteiger partial charge in [-0.1, -0.05) is 0 Å². The zero-order valence-corrected chi connectivity index (χ0v) is 11.5. The molecular formula is C14H15F3N4. The molecule has 1 aliphatic heterocycles. The summed E-state index contributed by atoms with van der Waals surface area (Å²) in [5.74, 6) is -1.26. The monoisotopic (exact) mass is 296 g/mol. The van der Waals surface area contributed by atoms with Crippen molar-refractivity contribution >= 4 is 0 Å². The summed E-state index contributed by atoms with van der Waals surface area (Å²) in [6.07, 6.45) is 1.96. The van der Waals surface area contributed by atoms with E-state index < -0.39 is 17.5 Å². The fourth-order valence-corrected chi connectivity index (χ4v) is 2.55. The molecule has 0 radical (unpaired) electrons. The lowest BCUT2D eigenvalue weighted by atomic mass is 10.2. The molecule has 0 fully saturated rings. The molecule has 4 nitrogen and oxygen atoms in total. The second kappa shape index (κ2) is 5.48. The number of nitrogens with zero attached hydrogens (tertiary/aromatic N) is 3. The first-order valence-electron chi connectivity index (χ1n) is 6.85. The maximum atomic E-state index is 13.6. The van der Waals surface area contributed by atoms with Crippen molar-refractivity contribution < 1.29 is 13.2 Å². The van der Waals surface area contributed by atoms with Gasteiger partial charge in [0, 0.05) is 31.1 Å². The maximum Gasteiger partial charge on any atom is 0.161 e. The summed E-state index contributed by atoms with van der Waals surface area (Å²) in [4.78, 5) is 0. The van der Waals surface area contributed by atoms with E-state index in [1.54, 1.807) is 0 Å². The van der Waals surface area contributed by atoms with E-state index in [-0.39, 0.29) is 18.2 Å². The Bertz CT molecular complexity index is 668. The molecule has 0 saturated heterocycles. The van der Waals surface area contributed by atoms with E-state index in [4.69, 9.17) is 0 Å². The highest BCUT2D eigenvalue weighted by Gasteiger charge is 2.21. The molecule has 7 heteroatoms. The Labute approximate surface area is 120 Å². The molecule has 1 aliphatic rings. The molecule has 0 amide bonds. The van der Waals surface area contributed by atoms with Crippen molar-refractivity contribution in [1.82, 2.24) is 20.1 Å². The van der Waals surface area contributed by atoms with Crippen LogP contribution in [0.5, 0.6) is 0 Å². The lowest BCUT2D eigenvalue weighted by Gasteiger charge is -2.14. The number of benzene rings is 1. The SMILES string of the molecule is CC(NCc1cc(F)c(F)cc1F)c1nnc2n1CCC2. The van der Waals surface area contributed by atoms with Crippen LogP contribution >= 0.6 is 0 Å². The predicted octanol–water partition coefficient (Wildman–Crippen LogP) is 2.49. The largest absolute Gasteiger partial charge is 0.314 e. The highest BCUT2D eigenvalue weighted by molar-refractivity contribution is 5.20. The summed E-state index contributed by atoms with van der Waals surface area (Å²) in [6, 6.07) is 1.28. The van der Waals surface area contributed by atoms with Gasteiger partial charge in [-0.25, -0.2) is 13.2 Å². The van der Waals surface area contributed by atoms with Crippen molar-refractivity contribution in [1.29, 1.82) is 0 Å². The Morgan fingerprint density at radius 3 is 2.76 bits per heavy atom. The third kappa shape index (κ3) is 2.65. The van der Waals surface area contributed by atoms with Crippen molar-refractivity contribution in [2.45, 2.75) is 38.9 Å². The first-order valence-corrected chi connectivity index (χ1v) is 6.85. The van der Waals surface area contributed by atoms with Gasteiger partial charge in [0.15, 0.2) is 11.6 Å². The van der Waals surface area contributed by atoms with Gasteiger partial charge in [-0.2, -0.15) is 0 Å². The predicted molar refractivity (Wildman–Crippen MR) is 69.9 cm³/mol. The van der Waals surface area contributed by atoms with Crippen molar-refractivity contribution in [2.24, 2.45) is 0 Å². The molecule has 0 bridgehead atoms. The number of aryl methyl sites for hydroxylation is 1. The molecule has 2 heterocycles. The molecule has 0 aliphatic carbocycles. The first kappa shape index (κ1) is 14.1. The molecule has 21 heavy (non-hydrogen) atoms. The summed E-state index contributed by atoms with van der Waals surface area (Å²) in [6.45, 7) is 2.85. The van der Waals surface area contributed by atoms with Gasteiger partial charge in [0.05, 0.1) is 6.04 Å². The molecule has 3 rings (SSSR count). The molecule has 2 aromatic rings. The molecular weight excluding hydrogens is 281 g/mol. The van der Waals surface area contributed by atoms with Crippen LogP contribution in [0.4, 0.5) is 13.2 Å². The zero-order valence-electron chi connectivity index (χ0n) is 11.5. The van der Waals surface area contributed by atoms with E-state index in [0.717, 1.165) is 37.1 Å². The number of halogens is 3. The summed E-state index contributed by atoms with van der Waals surface area (Å²) < 4.78 is 41.6. The van der Waals surface area contributed by atoms with Crippen LogP contribution in [-0.2, 0) is 19.5 Å². The van der Waals surface area contributed by atoms with Gasteiger partial charge < -0.3 is 9.88 Å². The minimum absolute atomic E-state index is 0.0851. The summed E-state index contributed by atoms with van der Waals surface area (Å²) in [7, 11) is 0. The van der Waals surface area contributed by atoms with E-state index in [2.05, 4.69) is 15.5 Å². The van der Waals surface area contributed by atoms with E-state index in [9.17, 15) is 13.2 Å². The van der Waals surface area contributed by atoms with Gasteiger partial charge in [-0.15, -0.1) is 10.2 Å². The van der Waals surface area contributed by atoms with E-state index in [0.29, 0.717) is 6.07 Å². The Balaban J connectivity index is 1.71. The molecule has 0 saturated carbocycles. The van der Waals surface area contributed by atoms with Gasteiger partial charge in [0.2, 0.25) is 0 Å². The Morgan fingerprint density at radius 2 is 1.95 bits per heavy atom. The second-order valence-corrected chi connectivity index (χ2v) is 5.19. The van der Waals surface area contributed by atoms with Crippen LogP contribution in [0.3, 0.4) is 0 Å². The van der Waals surface area contributed by atoms with Gasteiger partial charge in [-0.3, -0.25) is 0 Å². The van der Waals surface area contributed by atoms with Gasteiger partial charge >= 0.3 is 0 Å².